The van der Waals surface area contributed by atoms with E-state index < -0.39 is 56.5 Å². The van der Waals surface area contributed by atoms with Gasteiger partial charge in [0, 0.05) is 18.1 Å². The van der Waals surface area contributed by atoms with Crippen LogP contribution >= 0.6 is 22.9 Å². The maximum Gasteiger partial charge on any atom is 0.407 e. The maximum absolute atomic E-state index is 16.2. The molecule has 3 heterocycles. The number of hydrogen-bond acceptors (Lipinski definition) is 7. The second-order valence-electron chi connectivity index (χ2n) is 13.5. The van der Waals surface area contributed by atoms with Crippen molar-refractivity contribution in [2.24, 2.45) is 5.92 Å². The van der Waals surface area contributed by atoms with Gasteiger partial charge in [-0.05, 0) is 102 Å². The number of nitrogens with one attached hydrogen (secondary N) is 2. The molecular weight excluding hydrogens is 660 g/mol. The summed E-state index contributed by atoms with van der Waals surface area (Å²) in [5.74, 6) is -3.99. The number of hydrogen-bond donors (Lipinski definition) is 2. The van der Waals surface area contributed by atoms with Crippen molar-refractivity contribution in [3.05, 3.63) is 45.6 Å². The minimum atomic E-state index is -4.57. The quantitative estimate of drug-likeness (QED) is 0.280. The molecule has 2 aliphatic heterocycles. The van der Waals surface area contributed by atoms with Crippen LogP contribution in [0.4, 0.5) is 13.6 Å². The van der Waals surface area contributed by atoms with Crippen LogP contribution in [0, 0.1) is 5.92 Å². The van der Waals surface area contributed by atoms with Crippen molar-refractivity contribution in [2.75, 3.05) is 6.61 Å². The van der Waals surface area contributed by atoms with E-state index in [1.54, 1.807) is 20.8 Å². The van der Waals surface area contributed by atoms with E-state index in [4.69, 9.17) is 21.1 Å². The Bertz CT molecular complexity index is 1480. The smallest absolute Gasteiger partial charge is 0.407 e. The van der Waals surface area contributed by atoms with Crippen LogP contribution < -0.4 is 14.8 Å². The van der Waals surface area contributed by atoms with Crippen LogP contribution in [0.15, 0.2) is 41.3 Å². The number of alkyl carbamates (subject to hydrolysis) is 1. The summed E-state index contributed by atoms with van der Waals surface area (Å²) in [4.78, 5) is 27.0. The number of fused-ring (bicyclic) bond motifs is 2. The third-order valence-electron chi connectivity index (χ3n) is 8.84. The van der Waals surface area contributed by atoms with E-state index in [0.717, 1.165) is 18.9 Å². The molecule has 3 fully saturated rings. The third-order valence-corrected chi connectivity index (χ3v) is 11.6. The highest BCUT2D eigenvalue weighted by atomic mass is 35.5. The summed E-state index contributed by atoms with van der Waals surface area (Å²) < 4.78 is 72.9. The van der Waals surface area contributed by atoms with Gasteiger partial charge in [-0.15, -0.1) is 11.3 Å². The number of sulfonamides is 1. The zero-order chi connectivity index (χ0) is 33.3. The molecule has 14 heteroatoms. The van der Waals surface area contributed by atoms with Gasteiger partial charge in [0.2, 0.25) is 15.9 Å². The number of rotatable bonds is 10. The molecule has 1 saturated carbocycles. The second-order valence-corrected chi connectivity index (χ2v) is 16.9. The Kier molecular flexibility index (Phi) is 10.6. The summed E-state index contributed by atoms with van der Waals surface area (Å²) in [5, 5.41) is 2.83. The molecule has 46 heavy (non-hydrogen) atoms. The number of ether oxygens (including phenoxy) is 2. The summed E-state index contributed by atoms with van der Waals surface area (Å²) in [7, 11) is -4.57. The molecule has 3 aliphatic rings. The highest BCUT2D eigenvalue weighted by molar-refractivity contribution is 7.89. The molecule has 2 bridgehead atoms. The van der Waals surface area contributed by atoms with Crippen molar-refractivity contribution < 1.29 is 36.3 Å². The Balaban J connectivity index is 1.33. The van der Waals surface area contributed by atoms with E-state index in [-0.39, 0.29) is 15.3 Å². The lowest BCUT2D eigenvalue weighted by molar-refractivity contribution is -0.148. The Labute approximate surface area is 278 Å². The molecule has 9 nitrogen and oxygen atoms in total. The summed E-state index contributed by atoms with van der Waals surface area (Å²) in [6.07, 6.45) is 6.91. The van der Waals surface area contributed by atoms with Gasteiger partial charge in [-0.25, -0.2) is 13.2 Å². The van der Waals surface area contributed by atoms with Gasteiger partial charge in [0.1, 0.15) is 11.4 Å². The van der Waals surface area contributed by atoms with Crippen LogP contribution in [0.25, 0.3) is 0 Å². The van der Waals surface area contributed by atoms with Gasteiger partial charge in [-0.2, -0.15) is 13.5 Å². The first-order chi connectivity index (χ1) is 21.6. The minimum absolute atomic E-state index is 0.0849. The molecule has 3 atom stereocenters. The van der Waals surface area contributed by atoms with Crippen LogP contribution in [0.1, 0.15) is 83.4 Å². The Morgan fingerprint density at radius 3 is 2.20 bits per heavy atom. The van der Waals surface area contributed by atoms with Crippen molar-refractivity contribution in [1.82, 2.24) is 14.9 Å². The summed E-state index contributed by atoms with van der Waals surface area (Å²) >= 11 is 6.56. The molecule has 2 amide bonds. The van der Waals surface area contributed by atoms with Crippen LogP contribution in [-0.2, 0) is 25.5 Å². The predicted molar refractivity (Wildman–Crippen MR) is 172 cm³/mol. The molecule has 3 unspecified atom stereocenters. The normalized spacial score (nSPS) is 23.2. The van der Waals surface area contributed by atoms with Crippen molar-refractivity contribution in [1.29, 1.82) is 0 Å². The first-order valence-corrected chi connectivity index (χ1v) is 18.5. The van der Waals surface area contributed by atoms with Gasteiger partial charge in [0.25, 0.3) is 0 Å². The molecule has 2 aromatic rings. The van der Waals surface area contributed by atoms with Crippen LogP contribution in [0.2, 0.25) is 4.34 Å². The van der Waals surface area contributed by atoms with Crippen molar-refractivity contribution >= 4 is 45.0 Å². The van der Waals surface area contributed by atoms with E-state index in [1.807, 2.05) is 0 Å². The molecule has 0 spiro atoms. The van der Waals surface area contributed by atoms with Gasteiger partial charge < -0.3 is 19.7 Å². The monoisotopic (exact) mass is 701 g/mol. The molecule has 0 radical (unpaired) electrons. The minimum Gasteiger partial charge on any atom is -0.493 e. The fourth-order valence-electron chi connectivity index (χ4n) is 6.70. The lowest BCUT2D eigenvalue weighted by Crippen LogP contribution is -2.61. The molecule has 2 N–H and O–H groups in total. The van der Waals surface area contributed by atoms with Crippen LogP contribution in [0.5, 0.6) is 5.75 Å². The van der Waals surface area contributed by atoms with Gasteiger partial charge >= 0.3 is 12.0 Å². The molecular formula is C32H42ClF2N3O6S2. The van der Waals surface area contributed by atoms with E-state index in [1.165, 1.54) is 54.5 Å². The van der Waals surface area contributed by atoms with E-state index in [9.17, 15) is 18.0 Å². The number of piperidine rings is 1. The fraction of sp³-hybridized carbons (Fsp3) is 0.625. The molecule has 5 rings (SSSR count). The molecule has 1 aromatic carbocycles. The largest absolute Gasteiger partial charge is 0.493 e. The SMILES string of the molecule is CC(C)(C)OC(=O)NC1CC2CCC(C1)N2C(=O)C(NS(=O)(=O)c1ccc(OCC2CCCCC2)cc1)C(F)(F)c1ccc(Cl)s1. The molecule has 1 aromatic heterocycles. The Morgan fingerprint density at radius 1 is 1.00 bits per heavy atom. The van der Waals surface area contributed by atoms with Crippen LogP contribution in [-0.4, -0.2) is 61.7 Å². The highest BCUT2D eigenvalue weighted by Crippen LogP contribution is 2.42. The Hall–Kier alpha value is -2.48. The number of alkyl halides is 2. The number of thiophene rings is 1. The standard InChI is InChI=1S/C32H42ClF2N3O6S2/c1-31(2,3)44-30(40)36-21-17-22-9-10-23(18-21)38(22)29(39)28(32(34,35)26-15-16-27(33)45-26)37-46(41,42)25-13-11-24(12-14-25)43-19-20-7-5-4-6-8-20/h11-16,20-23,28,37H,4-10,17-19H2,1-3H3,(H,36,40). The number of amides is 2. The van der Waals surface area contributed by atoms with Crippen molar-refractivity contribution in [3.63, 3.8) is 0 Å². The first kappa shape index (κ1) is 34.8. The van der Waals surface area contributed by atoms with E-state index in [2.05, 4.69) is 10.0 Å². The average molecular weight is 702 g/mol. The maximum atomic E-state index is 16.2. The highest BCUT2D eigenvalue weighted by Gasteiger charge is 2.54. The second kappa shape index (κ2) is 13.9. The average Bonchev–Trinajstić information content (AvgIpc) is 3.55. The lowest BCUT2D eigenvalue weighted by Gasteiger charge is -2.41. The third kappa shape index (κ3) is 8.32. The van der Waals surface area contributed by atoms with Crippen molar-refractivity contribution in [3.8, 4) is 5.75 Å². The summed E-state index contributed by atoms with van der Waals surface area (Å²) in [6.45, 7) is 5.78. The molecule has 254 valence electrons. The predicted octanol–water partition coefficient (Wildman–Crippen LogP) is 6.85. The summed E-state index contributed by atoms with van der Waals surface area (Å²) in [5.41, 5.74) is -0.692. The van der Waals surface area contributed by atoms with Crippen molar-refractivity contribution in [2.45, 2.75) is 119 Å². The van der Waals surface area contributed by atoms with Crippen LogP contribution in [0.3, 0.4) is 0 Å². The van der Waals surface area contributed by atoms with Gasteiger partial charge in [0.15, 0.2) is 6.04 Å². The Morgan fingerprint density at radius 2 is 1.63 bits per heavy atom. The van der Waals surface area contributed by atoms with E-state index >= 15 is 8.78 Å². The zero-order valence-electron chi connectivity index (χ0n) is 26.3. The van der Waals surface area contributed by atoms with Gasteiger partial charge in [-0.1, -0.05) is 30.9 Å². The number of benzene rings is 1. The zero-order valence-corrected chi connectivity index (χ0v) is 28.7. The van der Waals surface area contributed by atoms with Gasteiger partial charge in [0.05, 0.1) is 20.7 Å². The topological polar surface area (TPSA) is 114 Å². The molecule has 1 aliphatic carbocycles. The number of carbonyl (C=O) groups excluding carboxylic acids is 2. The summed E-state index contributed by atoms with van der Waals surface area (Å²) in [6, 6.07) is 4.30. The molecule has 2 saturated heterocycles. The first-order valence-electron chi connectivity index (χ1n) is 15.8. The number of halogens is 3. The number of carbonyl (C=O) groups is 2. The fourth-order valence-corrected chi connectivity index (χ4v) is 8.94. The van der Waals surface area contributed by atoms with E-state index in [0.29, 0.717) is 55.3 Å². The lowest BCUT2D eigenvalue weighted by atomic mass is 9.90. The number of nitrogens with zero attached hydrogens (tertiary/aromatic N) is 1. The van der Waals surface area contributed by atoms with Gasteiger partial charge in [-0.3, -0.25) is 4.79 Å².